The Labute approximate surface area is 146 Å². The number of rotatable bonds is 5. The Hall–Kier alpha value is -3.47. The molecule has 3 rings (SSSR count). The maximum absolute atomic E-state index is 12.2. The average molecular weight is 332 g/mol. The zero-order valence-corrected chi connectivity index (χ0v) is 13.9. The Balaban J connectivity index is 1.63. The van der Waals surface area contributed by atoms with Gasteiger partial charge in [0.15, 0.2) is 0 Å². The van der Waals surface area contributed by atoms with E-state index in [0.29, 0.717) is 11.3 Å². The highest BCUT2D eigenvalue weighted by molar-refractivity contribution is 6.04. The van der Waals surface area contributed by atoms with Gasteiger partial charge in [-0.1, -0.05) is 0 Å². The van der Waals surface area contributed by atoms with E-state index in [1.165, 1.54) is 0 Å². The van der Waals surface area contributed by atoms with Gasteiger partial charge in [0.05, 0.1) is 0 Å². The minimum atomic E-state index is -0.164. The number of nitrogens with one attached hydrogen (secondary N) is 3. The van der Waals surface area contributed by atoms with Crippen molar-refractivity contribution < 1.29 is 4.79 Å². The summed E-state index contributed by atoms with van der Waals surface area (Å²) < 4.78 is 0. The summed E-state index contributed by atoms with van der Waals surface area (Å²) in [4.78, 5) is 12.2. The number of hydrogen-bond donors (Lipinski definition) is 4. The zero-order chi connectivity index (χ0) is 17.6. The van der Waals surface area contributed by atoms with E-state index in [2.05, 4.69) is 16.0 Å². The van der Waals surface area contributed by atoms with Crippen LogP contribution in [0, 0.1) is 0 Å². The molecular formula is C20H20N4O. The lowest BCUT2D eigenvalue weighted by Gasteiger charge is -2.09. The summed E-state index contributed by atoms with van der Waals surface area (Å²) >= 11 is 0. The first kappa shape index (κ1) is 16.4. The summed E-state index contributed by atoms with van der Waals surface area (Å²) in [6.07, 6.45) is 0. The van der Waals surface area contributed by atoms with Crippen molar-refractivity contribution in [1.29, 1.82) is 0 Å². The maximum atomic E-state index is 12.2. The Kier molecular flexibility index (Phi) is 4.85. The normalized spacial score (nSPS) is 10.1. The van der Waals surface area contributed by atoms with Gasteiger partial charge in [-0.3, -0.25) is 4.79 Å². The van der Waals surface area contributed by atoms with Crippen molar-refractivity contribution in [3.63, 3.8) is 0 Å². The monoisotopic (exact) mass is 332 g/mol. The first-order chi connectivity index (χ1) is 12.1. The van der Waals surface area contributed by atoms with E-state index >= 15 is 0 Å². The zero-order valence-electron chi connectivity index (χ0n) is 13.9. The van der Waals surface area contributed by atoms with Gasteiger partial charge in [-0.05, 0) is 72.8 Å². The van der Waals surface area contributed by atoms with Crippen molar-refractivity contribution in [2.24, 2.45) is 0 Å². The van der Waals surface area contributed by atoms with Gasteiger partial charge in [-0.2, -0.15) is 0 Å². The first-order valence-corrected chi connectivity index (χ1v) is 7.96. The molecule has 25 heavy (non-hydrogen) atoms. The molecule has 0 saturated carbocycles. The third-order valence-corrected chi connectivity index (χ3v) is 3.78. The third kappa shape index (κ3) is 4.29. The van der Waals surface area contributed by atoms with Gasteiger partial charge in [0.2, 0.25) is 0 Å². The van der Waals surface area contributed by atoms with E-state index in [0.717, 1.165) is 22.7 Å². The molecule has 0 aromatic heterocycles. The molecule has 5 N–H and O–H groups in total. The molecule has 0 unspecified atom stereocenters. The van der Waals surface area contributed by atoms with Crippen LogP contribution in [0.4, 0.5) is 28.4 Å². The van der Waals surface area contributed by atoms with Crippen LogP contribution in [-0.2, 0) is 0 Å². The fraction of sp³-hybridized carbons (Fsp3) is 0.0500. The molecule has 5 nitrogen and oxygen atoms in total. The lowest BCUT2D eigenvalue weighted by molar-refractivity contribution is 0.102. The van der Waals surface area contributed by atoms with Crippen LogP contribution < -0.4 is 21.7 Å². The van der Waals surface area contributed by atoms with E-state index in [1.54, 1.807) is 24.3 Å². The van der Waals surface area contributed by atoms with Crippen LogP contribution in [0.5, 0.6) is 0 Å². The summed E-state index contributed by atoms with van der Waals surface area (Å²) in [5, 5.41) is 9.27. The van der Waals surface area contributed by atoms with Crippen molar-refractivity contribution in [3.05, 3.63) is 78.4 Å². The van der Waals surface area contributed by atoms with Crippen LogP contribution in [-0.4, -0.2) is 13.0 Å². The molecular weight excluding hydrogens is 312 g/mol. The van der Waals surface area contributed by atoms with Gasteiger partial charge in [0.1, 0.15) is 0 Å². The summed E-state index contributed by atoms with van der Waals surface area (Å²) in [5.74, 6) is -0.164. The third-order valence-electron chi connectivity index (χ3n) is 3.78. The molecule has 3 aromatic rings. The van der Waals surface area contributed by atoms with Gasteiger partial charge >= 0.3 is 0 Å². The Morgan fingerprint density at radius 1 is 0.720 bits per heavy atom. The lowest BCUT2D eigenvalue weighted by atomic mass is 10.2. The average Bonchev–Trinajstić information content (AvgIpc) is 2.64. The molecule has 5 heteroatoms. The Morgan fingerprint density at radius 2 is 1.20 bits per heavy atom. The van der Waals surface area contributed by atoms with Crippen LogP contribution in [0.25, 0.3) is 0 Å². The first-order valence-electron chi connectivity index (χ1n) is 7.96. The molecule has 0 atom stereocenters. The smallest absolute Gasteiger partial charge is 0.255 e. The highest BCUT2D eigenvalue weighted by atomic mass is 16.1. The van der Waals surface area contributed by atoms with E-state index < -0.39 is 0 Å². The lowest BCUT2D eigenvalue weighted by Crippen LogP contribution is -2.11. The molecule has 0 radical (unpaired) electrons. The van der Waals surface area contributed by atoms with Crippen molar-refractivity contribution in [2.75, 3.05) is 28.7 Å². The van der Waals surface area contributed by atoms with Gasteiger partial charge in [0, 0.05) is 41.0 Å². The summed E-state index contributed by atoms with van der Waals surface area (Å²) in [5.41, 5.74) is 10.6. The van der Waals surface area contributed by atoms with Crippen molar-refractivity contribution >= 4 is 34.3 Å². The molecule has 0 aliphatic heterocycles. The molecule has 0 spiro atoms. The minimum absolute atomic E-state index is 0.164. The van der Waals surface area contributed by atoms with Crippen LogP contribution in [0.15, 0.2) is 72.8 Å². The predicted molar refractivity (Wildman–Crippen MR) is 105 cm³/mol. The minimum Gasteiger partial charge on any atom is -0.399 e. The van der Waals surface area contributed by atoms with Gasteiger partial charge in [-0.25, -0.2) is 0 Å². The topological polar surface area (TPSA) is 79.2 Å². The van der Waals surface area contributed by atoms with Crippen molar-refractivity contribution in [2.45, 2.75) is 0 Å². The largest absolute Gasteiger partial charge is 0.399 e. The number of carbonyl (C=O) groups is 1. The van der Waals surface area contributed by atoms with Crippen LogP contribution in [0.2, 0.25) is 0 Å². The molecule has 0 aliphatic carbocycles. The quantitative estimate of drug-likeness (QED) is 0.525. The summed E-state index contributed by atoms with van der Waals surface area (Å²) in [7, 11) is 1.89. The predicted octanol–water partition coefficient (Wildman–Crippen LogP) is 4.31. The molecule has 0 heterocycles. The molecule has 0 fully saturated rings. The van der Waals surface area contributed by atoms with Gasteiger partial charge in [-0.15, -0.1) is 0 Å². The van der Waals surface area contributed by atoms with Crippen LogP contribution in [0.3, 0.4) is 0 Å². The number of carbonyl (C=O) groups excluding carboxylic acids is 1. The molecule has 0 aliphatic rings. The summed E-state index contributed by atoms with van der Waals surface area (Å²) in [6, 6.07) is 22.4. The standard InChI is InChI=1S/C20H20N4O/c1-22-16-6-8-17(9-7-16)23-18-10-12-19(13-11-18)24-20(25)14-2-4-15(21)5-3-14/h2-13,22-23H,21H2,1H3,(H,24,25). The summed E-state index contributed by atoms with van der Waals surface area (Å²) in [6.45, 7) is 0. The Morgan fingerprint density at radius 3 is 1.72 bits per heavy atom. The highest BCUT2D eigenvalue weighted by Gasteiger charge is 2.05. The second kappa shape index (κ2) is 7.40. The molecule has 0 saturated heterocycles. The van der Waals surface area contributed by atoms with E-state index in [9.17, 15) is 4.79 Å². The van der Waals surface area contributed by atoms with Gasteiger partial charge < -0.3 is 21.7 Å². The highest BCUT2D eigenvalue weighted by Crippen LogP contribution is 2.21. The second-order valence-electron chi connectivity index (χ2n) is 5.61. The molecule has 1 amide bonds. The number of anilines is 5. The van der Waals surface area contributed by atoms with Gasteiger partial charge in [0.25, 0.3) is 5.91 Å². The number of hydrogen-bond acceptors (Lipinski definition) is 4. The number of nitrogen functional groups attached to an aromatic ring is 1. The van der Waals surface area contributed by atoms with E-state index in [1.807, 2.05) is 55.6 Å². The molecule has 126 valence electrons. The number of benzene rings is 3. The van der Waals surface area contributed by atoms with E-state index in [-0.39, 0.29) is 5.91 Å². The fourth-order valence-electron chi connectivity index (χ4n) is 2.36. The van der Waals surface area contributed by atoms with Crippen LogP contribution in [0.1, 0.15) is 10.4 Å². The maximum Gasteiger partial charge on any atom is 0.255 e. The number of nitrogens with two attached hydrogens (primary N) is 1. The molecule has 3 aromatic carbocycles. The van der Waals surface area contributed by atoms with Crippen molar-refractivity contribution in [3.8, 4) is 0 Å². The number of amides is 1. The SMILES string of the molecule is CNc1ccc(Nc2ccc(NC(=O)c3ccc(N)cc3)cc2)cc1. The fourth-order valence-corrected chi connectivity index (χ4v) is 2.36. The Bertz CT molecular complexity index is 840. The second-order valence-corrected chi connectivity index (χ2v) is 5.61. The molecule has 0 bridgehead atoms. The van der Waals surface area contributed by atoms with E-state index in [4.69, 9.17) is 5.73 Å². The van der Waals surface area contributed by atoms with Crippen LogP contribution >= 0.6 is 0 Å². The van der Waals surface area contributed by atoms with Crippen molar-refractivity contribution in [1.82, 2.24) is 0 Å².